The molecule has 1 amide bonds. The summed E-state index contributed by atoms with van der Waals surface area (Å²) < 4.78 is 43.5. The van der Waals surface area contributed by atoms with E-state index in [-0.39, 0.29) is 12.2 Å². The second-order valence-corrected chi connectivity index (χ2v) is 6.31. The summed E-state index contributed by atoms with van der Waals surface area (Å²) in [5.41, 5.74) is -1.27. The molecule has 0 aliphatic carbocycles. The molecule has 136 valence electrons. The molecule has 8 heteroatoms. The lowest BCUT2D eigenvalue weighted by atomic mass is 10.2. The van der Waals surface area contributed by atoms with Crippen molar-refractivity contribution in [2.75, 3.05) is 13.1 Å². The first-order chi connectivity index (χ1) is 11.1. The molecule has 1 heterocycles. The van der Waals surface area contributed by atoms with Gasteiger partial charge in [-0.2, -0.15) is 13.2 Å². The Kier molecular flexibility index (Phi) is 7.47. The number of carbonyl (C=O) groups is 1. The van der Waals surface area contributed by atoms with Crippen molar-refractivity contribution in [3.8, 4) is 0 Å². The minimum absolute atomic E-state index is 0.0168. The molecule has 1 rings (SSSR count). The Morgan fingerprint density at radius 1 is 1.21 bits per heavy atom. The molecule has 24 heavy (non-hydrogen) atoms. The third-order valence-corrected chi connectivity index (χ3v) is 2.94. The monoisotopic (exact) mass is 347 g/mol. The SMILES string of the molecule is CC(C)(C)OC(=O)NCCCCNCc1ncccc1C(F)(F)F. The number of pyridine rings is 1. The lowest BCUT2D eigenvalue weighted by molar-refractivity contribution is -0.138. The highest BCUT2D eigenvalue weighted by atomic mass is 19.4. The number of carbonyl (C=O) groups excluding carboxylic acids is 1. The lowest BCUT2D eigenvalue weighted by Crippen LogP contribution is -2.33. The van der Waals surface area contributed by atoms with Gasteiger partial charge >= 0.3 is 12.3 Å². The average Bonchev–Trinajstić information content (AvgIpc) is 2.43. The number of alkyl halides is 3. The van der Waals surface area contributed by atoms with E-state index in [1.165, 1.54) is 12.3 Å². The predicted molar refractivity (Wildman–Crippen MR) is 84.4 cm³/mol. The zero-order chi connectivity index (χ0) is 18.2. The molecule has 0 radical (unpaired) electrons. The molecule has 1 aromatic heterocycles. The van der Waals surface area contributed by atoms with Crippen LogP contribution in [0.2, 0.25) is 0 Å². The summed E-state index contributed by atoms with van der Waals surface area (Å²) in [5, 5.41) is 5.56. The first-order valence-corrected chi connectivity index (χ1v) is 7.78. The maximum Gasteiger partial charge on any atom is 0.418 e. The van der Waals surface area contributed by atoms with Gasteiger partial charge in [0, 0.05) is 19.3 Å². The van der Waals surface area contributed by atoms with Gasteiger partial charge in [-0.15, -0.1) is 0 Å². The van der Waals surface area contributed by atoms with Crippen LogP contribution in [0.5, 0.6) is 0 Å². The molecule has 0 spiro atoms. The lowest BCUT2D eigenvalue weighted by Gasteiger charge is -2.19. The molecule has 0 saturated heterocycles. The van der Waals surface area contributed by atoms with Gasteiger partial charge in [0.1, 0.15) is 5.60 Å². The van der Waals surface area contributed by atoms with E-state index in [9.17, 15) is 18.0 Å². The number of alkyl carbamates (subject to hydrolysis) is 1. The Morgan fingerprint density at radius 3 is 2.50 bits per heavy atom. The second kappa shape index (κ2) is 8.86. The van der Waals surface area contributed by atoms with Gasteiger partial charge in [-0.3, -0.25) is 4.98 Å². The van der Waals surface area contributed by atoms with E-state index in [4.69, 9.17) is 4.74 Å². The molecular formula is C16H24F3N3O2. The first-order valence-electron chi connectivity index (χ1n) is 7.78. The van der Waals surface area contributed by atoms with E-state index in [0.717, 1.165) is 6.07 Å². The highest BCUT2D eigenvalue weighted by Gasteiger charge is 2.33. The Bertz CT molecular complexity index is 528. The number of nitrogens with zero attached hydrogens (tertiary/aromatic N) is 1. The second-order valence-electron chi connectivity index (χ2n) is 6.31. The number of aromatic nitrogens is 1. The number of unbranched alkanes of at least 4 members (excludes halogenated alkanes) is 1. The van der Waals surface area contributed by atoms with Crippen molar-refractivity contribution in [1.29, 1.82) is 0 Å². The van der Waals surface area contributed by atoms with Crippen molar-refractivity contribution in [1.82, 2.24) is 15.6 Å². The van der Waals surface area contributed by atoms with Gasteiger partial charge in [0.2, 0.25) is 0 Å². The van der Waals surface area contributed by atoms with Crippen LogP contribution in [0.4, 0.5) is 18.0 Å². The summed E-state index contributed by atoms with van der Waals surface area (Å²) in [6.07, 6.45) is -2.12. The minimum atomic E-state index is -4.40. The van der Waals surface area contributed by atoms with E-state index in [0.29, 0.717) is 25.9 Å². The van der Waals surface area contributed by atoms with E-state index in [1.54, 1.807) is 20.8 Å². The van der Waals surface area contributed by atoms with E-state index >= 15 is 0 Å². The number of ether oxygens (including phenoxy) is 1. The van der Waals surface area contributed by atoms with Gasteiger partial charge in [-0.1, -0.05) is 0 Å². The van der Waals surface area contributed by atoms with Gasteiger partial charge in [-0.25, -0.2) is 4.79 Å². The Labute approximate surface area is 140 Å². The Balaban J connectivity index is 2.21. The quantitative estimate of drug-likeness (QED) is 0.741. The minimum Gasteiger partial charge on any atom is -0.444 e. The zero-order valence-corrected chi connectivity index (χ0v) is 14.2. The van der Waals surface area contributed by atoms with E-state index in [2.05, 4.69) is 15.6 Å². The molecule has 1 aromatic rings. The summed E-state index contributed by atoms with van der Waals surface area (Å²) in [4.78, 5) is 15.2. The molecular weight excluding hydrogens is 323 g/mol. The summed E-state index contributed by atoms with van der Waals surface area (Å²) >= 11 is 0. The van der Waals surface area contributed by atoms with E-state index < -0.39 is 23.4 Å². The molecule has 0 aromatic carbocycles. The number of halogens is 3. The third-order valence-electron chi connectivity index (χ3n) is 2.94. The van der Waals surface area contributed by atoms with Crippen LogP contribution in [0, 0.1) is 0 Å². The smallest absolute Gasteiger partial charge is 0.418 e. The molecule has 0 bridgehead atoms. The molecule has 0 saturated carbocycles. The normalized spacial score (nSPS) is 12.1. The fourth-order valence-electron chi connectivity index (χ4n) is 1.92. The van der Waals surface area contributed by atoms with Crippen LogP contribution < -0.4 is 10.6 Å². The van der Waals surface area contributed by atoms with Crippen LogP contribution in [0.15, 0.2) is 18.3 Å². The Hall–Kier alpha value is -1.83. The number of hydrogen-bond acceptors (Lipinski definition) is 4. The summed E-state index contributed by atoms with van der Waals surface area (Å²) in [6, 6.07) is 2.30. The molecule has 2 N–H and O–H groups in total. The number of nitrogens with one attached hydrogen (secondary N) is 2. The molecule has 0 fully saturated rings. The van der Waals surface area contributed by atoms with Crippen LogP contribution in [-0.2, 0) is 17.5 Å². The van der Waals surface area contributed by atoms with Crippen molar-refractivity contribution in [2.45, 2.75) is 51.9 Å². The number of amides is 1. The summed E-state index contributed by atoms with van der Waals surface area (Å²) in [5.74, 6) is 0. The fourth-order valence-corrected chi connectivity index (χ4v) is 1.92. The number of rotatable bonds is 7. The summed E-state index contributed by atoms with van der Waals surface area (Å²) in [6.45, 7) is 6.38. The molecule has 0 atom stereocenters. The highest BCUT2D eigenvalue weighted by molar-refractivity contribution is 5.67. The Morgan fingerprint density at radius 2 is 1.88 bits per heavy atom. The maximum absolute atomic E-state index is 12.8. The molecule has 0 aliphatic heterocycles. The largest absolute Gasteiger partial charge is 0.444 e. The standard InChI is InChI=1S/C16H24F3N3O2/c1-15(2,3)24-14(23)22-9-5-4-8-20-11-13-12(16(17,18)19)7-6-10-21-13/h6-7,10,20H,4-5,8-9,11H2,1-3H3,(H,22,23). The highest BCUT2D eigenvalue weighted by Crippen LogP contribution is 2.30. The topological polar surface area (TPSA) is 63.2 Å². The van der Waals surface area contributed by atoms with Crippen molar-refractivity contribution in [2.24, 2.45) is 0 Å². The van der Waals surface area contributed by atoms with Crippen molar-refractivity contribution >= 4 is 6.09 Å². The summed E-state index contributed by atoms with van der Waals surface area (Å²) in [7, 11) is 0. The molecule has 0 unspecified atom stereocenters. The van der Waals surface area contributed by atoms with Gasteiger partial charge in [-0.05, 0) is 52.3 Å². The fraction of sp³-hybridized carbons (Fsp3) is 0.625. The molecule has 0 aliphatic rings. The predicted octanol–water partition coefficient (Wildman–Crippen LogP) is 3.49. The van der Waals surface area contributed by atoms with Crippen molar-refractivity contribution < 1.29 is 22.7 Å². The average molecular weight is 347 g/mol. The van der Waals surface area contributed by atoms with E-state index in [1.807, 2.05) is 0 Å². The third kappa shape index (κ3) is 8.14. The van der Waals surface area contributed by atoms with Gasteiger partial charge in [0.15, 0.2) is 0 Å². The maximum atomic E-state index is 12.8. The zero-order valence-electron chi connectivity index (χ0n) is 14.2. The van der Waals surface area contributed by atoms with Gasteiger partial charge in [0.25, 0.3) is 0 Å². The van der Waals surface area contributed by atoms with Crippen LogP contribution in [0.1, 0.15) is 44.9 Å². The van der Waals surface area contributed by atoms with Crippen LogP contribution in [-0.4, -0.2) is 29.8 Å². The van der Waals surface area contributed by atoms with Crippen LogP contribution in [0.3, 0.4) is 0 Å². The van der Waals surface area contributed by atoms with Gasteiger partial charge in [0.05, 0.1) is 11.3 Å². The van der Waals surface area contributed by atoms with Crippen LogP contribution in [0.25, 0.3) is 0 Å². The number of hydrogen-bond donors (Lipinski definition) is 2. The molecule has 5 nitrogen and oxygen atoms in total. The first kappa shape index (κ1) is 20.2. The van der Waals surface area contributed by atoms with Crippen LogP contribution >= 0.6 is 0 Å². The van der Waals surface area contributed by atoms with Crippen molar-refractivity contribution in [3.63, 3.8) is 0 Å². The van der Waals surface area contributed by atoms with Gasteiger partial charge < -0.3 is 15.4 Å². The van der Waals surface area contributed by atoms with Crippen molar-refractivity contribution in [3.05, 3.63) is 29.6 Å².